The molecule has 0 spiro atoms. The van der Waals surface area contributed by atoms with Gasteiger partial charge in [0.1, 0.15) is 5.82 Å². The standard InChI is InChI=1S/C24H29N5S/c1-5-20(17(3)25-4)19-8-9-21-22(14-19)30-24(27-21)28-23-13-18(10-11-26-23)15-29-12-6-7-16(29)2/h5,8-11,13-14,16,25H,1,6-7,12,15H2,2-4H3,(H,26,27,28)/b20-17+. The summed E-state index contributed by atoms with van der Waals surface area (Å²) in [5.41, 5.74) is 5.61. The zero-order valence-electron chi connectivity index (χ0n) is 17.9. The normalized spacial score (nSPS) is 17.8. The molecule has 0 radical (unpaired) electrons. The number of rotatable bonds is 7. The van der Waals surface area contributed by atoms with E-state index in [9.17, 15) is 0 Å². The van der Waals surface area contributed by atoms with Crippen molar-refractivity contribution in [1.82, 2.24) is 20.2 Å². The number of benzene rings is 1. The molecule has 30 heavy (non-hydrogen) atoms. The molecular formula is C24H29N5S. The van der Waals surface area contributed by atoms with Gasteiger partial charge in [0.25, 0.3) is 0 Å². The second kappa shape index (κ2) is 8.98. The van der Waals surface area contributed by atoms with Crippen LogP contribution in [0.1, 0.15) is 37.8 Å². The number of hydrogen-bond donors (Lipinski definition) is 2. The van der Waals surface area contributed by atoms with Crippen molar-refractivity contribution in [2.45, 2.75) is 39.3 Å². The Morgan fingerprint density at radius 3 is 2.93 bits per heavy atom. The van der Waals surface area contributed by atoms with Crippen molar-refractivity contribution in [2.75, 3.05) is 18.9 Å². The molecule has 2 aromatic heterocycles. The Kier molecular flexibility index (Phi) is 6.16. The number of anilines is 2. The fraction of sp³-hybridized carbons (Fsp3) is 0.333. The van der Waals surface area contributed by atoms with Gasteiger partial charge in [0.15, 0.2) is 5.13 Å². The van der Waals surface area contributed by atoms with Gasteiger partial charge >= 0.3 is 0 Å². The molecule has 1 aliphatic heterocycles. The number of hydrogen-bond acceptors (Lipinski definition) is 6. The monoisotopic (exact) mass is 419 g/mol. The van der Waals surface area contributed by atoms with Gasteiger partial charge in [-0.3, -0.25) is 4.90 Å². The van der Waals surface area contributed by atoms with Crippen LogP contribution in [-0.2, 0) is 6.54 Å². The molecule has 5 nitrogen and oxygen atoms in total. The van der Waals surface area contributed by atoms with Crippen LogP contribution in [0.4, 0.5) is 10.9 Å². The summed E-state index contributed by atoms with van der Waals surface area (Å²) < 4.78 is 1.14. The predicted molar refractivity (Wildman–Crippen MR) is 128 cm³/mol. The molecule has 156 valence electrons. The quantitative estimate of drug-likeness (QED) is 0.491. The van der Waals surface area contributed by atoms with E-state index in [1.807, 2.05) is 19.3 Å². The highest BCUT2D eigenvalue weighted by Crippen LogP contribution is 2.31. The molecule has 0 bridgehead atoms. The lowest BCUT2D eigenvalue weighted by molar-refractivity contribution is 0.260. The minimum absolute atomic E-state index is 0.661. The van der Waals surface area contributed by atoms with Crippen LogP contribution >= 0.6 is 11.3 Å². The van der Waals surface area contributed by atoms with E-state index in [2.05, 4.69) is 71.3 Å². The third-order valence-electron chi connectivity index (χ3n) is 5.82. The molecule has 1 fully saturated rings. The average Bonchev–Trinajstić information content (AvgIpc) is 3.33. The minimum Gasteiger partial charge on any atom is -0.391 e. The first-order valence-corrected chi connectivity index (χ1v) is 11.3. The fourth-order valence-electron chi connectivity index (χ4n) is 3.98. The first kappa shape index (κ1) is 20.6. The second-order valence-corrected chi connectivity index (χ2v) is 8.86. The van der Waals surface area contributed by atoms with Gasteiger partial charge in [0.05, 0.1) is 10.2 Å². The highest BCUT2D eigenvalue weighted by atomic mass is 32.1. The molecule has 6 heteroatoms. The van der Waals surface area contributed by atoms with E-state index in [0.717, 1.165) is 44.5 Å². The number of thiazole rings is 1. The van der Waals surface area contributed by atoms with Crippen molar-refractivity contribution in [3.8, 4) is 0 Å². The first-order valence-electron chi connectivity index (χ1n) is 10.5. The summed E-state index contributed by atoms with van der Waals surface area (Å²) in [7, 11) is 1.93. The Bertz CT molecular complexity index is 1080. The Morgan fingerprint density at radius 2 is 2.20 bits per heavy atom. The lowest BCUT2D eigenvalue weighted by Crippen LogP contribution is -2.26. The number of aromatic nitrogens is 2. The number of likely N-dealkylation sites (tertiary alicyclic amines) is 1. The molecule has 1 aliphatic rings. The summed E-state index contributed by atoms with van der Waals surface area (Å²) in [4.78, 5) is 11.8. The van der Waals surface area contributed by atoms with E-state index in [1.165, 1.54) is 24.9 Å². The van der Waals surface area contributed by atoms with Crippen molar-refractivity contribution in [3.63, 3.8) is 0 Å². The molecule has 0 aliphatic carbocycles. The van der Waals surface area contributed by atoms with Crippen LogP contribution in [0, 0.1) is 0 Å². The van der Waals surface area contributed by atoms with Gasteiger partial charge in [-0.15, -0.1) is 0 Å². The fourth-order valence-corrected chi connectivity index (χ4v) is 4.89. The summed E-state index contributed by atoms with van der Waals surface area (Å²) >= 11 is 1.64. The number of pyridine rings is 1. The van der Waals surface area contributed by atoms with Gasteiger partial charge < -0.3 is 10.6 Å². The van der Waals surface area contributed by atoms with Crippen LogP contribution in [0.25, 0.3) is 15.8 Å². The smallest absolute Gasteiger partial charge is 0.189 e. The van der Waals surface area contributed by atoms with Crippen LogP contribution in [0.3, 0.4) is 0 Å². The van der Waals surface area contributed by atoms with Crippen molar-refractivity contribution in [3.05, 3.63) is 66.0 Å². The van der Waals surface area contributed by atoms with Gasteiger partial charge in [-0.2, -0.15) is 0 Å². The molecule has 1 unspecified atom stereocenters. The molecule has 3 heterocycles. The van der Waals surface area contributed by atoms with Gasteiger partial charge in [-0.25, -0.2) is 9.97 Å². The maximum atomic E-state index is 4.74. The van der Waals surface area contributed by atoms with Crippen molar-refractivity contribution < 1.29 is 0 Å². The number of allylic oxidation sites excluding steroid dienone is 3. The second-order valence-electron chi connectivity index (χ2n) is 7.83. The van der Waals surface area contributed by atoms with E-state index in [4.69, 9.17) is 4.98 Å². The molecule has 2 N–H and O–H groups in total. The van der Waals surface area contributed by atoms with Gasteiger partial charge in [-0.1, -0.05) is 30.1 Å². The van der Waals surface area contributed by atoms with Crippen LogP contribution < -0.4 is 10.6 Å². The highest BCUT2D eigenvalue weighted by Gasteiger charge is 2.20. The van der Waals surface area contributed by atoms with E-state index in [1.54, 1.807) is 11.3 Å². The summed E-state index contributed by atoms with van der Waals surface area (Å²) in [6.45, 7) is 10.5. The first-order chi connectivity index (χ1) is 14.6. The van der Waals surface area contributed by atoms with Crippen molar-refractivity contribution >= 4 is 38.1 Å². The molecule has 0 amide bonds. The maximum absolute atomic E-state index is 4.74. The van der Waals surface area contributed by atoms with Crippen LogP contribution in [0.15, 0.2) is 54.9 Å². The SMILES string of the molecule is C=C/C(=C(/C)NC)c1ccc2nc(Nc3cc(CN4CCCC4C)ccn3)sc2c1. The lowest BCUT2D eigenvalue weighted by Gasteiger charge is -2.21. The van der Waals surface area contributed by atoms with E-state index in [-0.39, 0.29) is 0 Å². The Labute approximate surface area is 182 Å². The van der Waals surface area contributed by atoms with Gasteiger partial charge in [-0.05, 0) is 74.2 Å². The van der Waals surface area contributed by atoms with Crippen molar-refractivity contribution in [1.29, 1.82) is 0 Å². The summed E-state index contributed by atoms with van der Waals surface area (Å²) in [6, 6.07) is 11.2. The molecule has 0 saturated carbocycles. The molecule has 4 rings (SSSR count). The van der Waals surface area contributed by atoms with E-state index in [0.29, 0.717) is 6.04 Å². The number of fused-ring (bicyclic) bond motifs is 1. The van der Waals surface area contributed by atoms with Crippen LogP contribution in [0.5, 0.6) is 0 Å². The van der Waals surface area contributed by atoms with E-state index < -0.39 is 0 Å². The molecule has 3 aromatic rings. The molecule has 1 atom stereocenters. The summed E-state index contributed by atoms with van der Waals surface area (Å²) in [6.07, 6.45) is 6.36. The third kappa shape index (κ3) is 4.40. The Hall–Kier alpha value is -2.70. The molecule has 1 saturated heterocycles. The highest BCUT2D eigenvalue weighted by molar-refractivity contribution is 7.22. The Balaban J connectivity index is 1.54. The van der Waals surface area contributed by atoms with Crippen molar-refractivity contribution in [2.24, 2.45) is 0 Å². The average molecular weight is 420 g/mol. The zero-order chi connectivity index (χ0) is 21.1. The predicted octanol–water partition coefficient (Wildman–Crippen LogP) is 5.56. The topological polar surface area (TPSA) is 53.1 Å². The van der Waals surface area contributed by atoms with Gasteiger partial charge in [0, 0.05) is 31.5 Å². The lowest BCUT2D eigenvalue weighted by atomic mass is 10.0. The molecular weight excluding hydrogens is 390 g/mol. The Morgan fingerprint density at radius 1 is 1.33 bits per heavy atom. The largest absolute Gasteiger partial charge is 0.391 e. The summed E-state index contributed by atoms with van der Waals surface area (Å²) in [5, 5.41) is 7.46. The molecule has 1 aromatic carbocycles. The number of nitrogens with zero attached hydrogens (tertiary/aromatic N) is 3. The zero-order valence-corrected chi connectivity index (χ0v) is 18.7. The number of nitrogens with one attached hydrogen (secondary N) is 2. The third-order valence-corrected chi connectivity index (χ3v) is 6.75. The van der Waals surface area contributed by atoms with E-state index >= 15 is 0 Å². The van der Waals surface area contributed by atoms with Crippen LogP contribution in [0.2, 0.25) is 0 Å². The minimum atomic E-state index is 0.661. The van der Waals surface area contributed by atoms with Crippen LogP contribution in [-0.4, -0.2) is 34.5 Å². The summed E-state index contributed by atoms with van der Waals surface area (Å²) in [5.74, 6) is 0.844. The maximum Gasteiger partial charge on any atom is 0.189 e. The van der Waals surface area contributed by atoms with Gasteiger partial charge in [0.2, 0.25) is 0 Å².